The maximum absolute atomic E-state index is 10.7. The van der Waals surface area contributed by atoms with Gasteiger partial charge in [0.15, 0.2) is 5.88 Å². The molecular weight excluding hydrogens is 494 g/mol. The van der Waals surface area contributed by atoms with Gasteiger partial charge in [0.2, 0.25) is 0 Å². The lowest BCUT2D eigenvalue weighted by atomic mass is 10.0. The molecule has 1 aromatic heterocycles. The second kappa shape index (κ2) is 9.62. The Morgan fingerprint density at radius 1 is 1.16 bits per heavy atom. The molecule has 168 valence electrons. The Balaban J connectivity index is 0.00000245. The van der Waals surface area contributed by atoms with Crippen LogP contribution in [0.5, 0.6) is 5.88 Å². The number of para-hydroxylation sites is 1. The van der Waals surface area contributed by atoms with Crippen LogP contribution in [0.15, 0.2) is 57.1 Å². The summed E-state index contributed by atoms with van der Waals surface area (Å²) in [5.74, 6) is 0.0739. The normalized spacial score (nSPS) is 17.9. The lowest BCUT2D eigenvalue weighted by molar-refractivity contribution is 0.0864. The van der Waals surface area contributed by atoms with Gasteiger partial charge in [-0.15, -0.1) is 12.4 Å². The van der Waals surface area contributed by atoms with Crippen LogP contribution >= 0.6 is 28.3 Å². The van der Waals surface area contributed by atoms with Gasteiger partial charge in [0.25, 0.3) is 0 Å². The second-order valence-electron chi connectivity index (χ2n) is 7.93. The summed E-state index contributed by atoms with van der Waals surface area (Å²) < 4.78 is 0.936. The minimum absolute atomic E-state index is 0. The van der Waals surface area contributed by atoms with Crippen molar-refractivity contribution >= 4 is 56.4 Å². The predicted octanol–water partition coefficient (Wildman–Crippen LogP) is 4.16. The van der Waals surface area contributed by atoms with Gasteiger partial charge >= 0.3 is 0 Å². The third-order valence-corrected chi connectivity index (χ3v) is 6.34. The molecule has 1 saturated heterocycles. The van der Waals surface area contributed by atoms with Gasteiger partial charge in [-0.1, -0.05) is 45.4 Å². The highest BCUT2D eigenvalue weighted by Gasteiger charge is 2.29. The molecule has 0 spiro atoms. The van der Waals surface area contributed by atoms with Gasteiger partial charge in [-0.25, -0.2) is 4.99 Å². The maximum Gasteiger partial charge on any atom is 0.199 e. The molecule has 0 radical (unpaired) electrons. The molecule has 3 heterocycles. The first-order chi connectivity index (χ1) is 15.1. The summed E-state index contributed by atoms with van der Waals surface area (Å²) in [6.45, 7) is 5.60. The fraction of sp³-hybridized carbons (Fsp3) is 0.304. The van der Waals surface area contributed by atoms with Crippen LogP contribution in [0.25, 0.3) is 10.9 Å². The number of H-pyrrole nitrogens is 1. The number of aromatic nitrogens is 1. The van der Waals surface area contributed by atoms with Crippen LogP contribution in [0.3, 0.4) is 0 Å². The number of nitrogens with zero attached hydrogens (tertiary/aromatic N) is 4. The minimum Gasteiger partial charge on any atom is -0.494 e. The minimum atomic E-state index is 0. The van der Waals surface area contributed by atoms with E-state index in [2.05, 4.69) is 42.9 Å². The summed E-state index contributed by atoms with van der Waals surface area (Å²) in [6.07, 6.45) is 0. The van der Waals surface area contributed by atoms with Crippen molar-refractivity contribution in [1.82, 2.24) is 14.8 Å². The van der Waals surface area contributed by atoms with Gasteiger partial charge < -0.3 is 19.8 Å². The number of hydrogen-bond acceptors (Lipinski definition) is 6. The van der Waals surface area contributed by atoms with Gasteiger partial charge in [0.05, 0.1) is 16.8 Å². The van der Waals surface area contributed by atoms with Gasteiger partial charge in [0.1, 0.15) is 18.0 Å². The number of oxime groups is 1. The molecule has 2 N–H and O–H groups in total. The van der Waals surface area contributed by atoms with E-state index in [9.17, 15) is 5.11 Å². The molecule has 0 amide bonds. The van der Waals surface area contributed by atoms with Crippen molar-refractivity contribution in [2.75, 3.05) is 46.4 Å². The van der Waals surface area contributed by atoms with Crippen molar-refractivity contribution in [3.63, 3.8) is 0 Å². The number of benzene rings is 2. The van der Waals surface area contributed by atoms with Crippen LogP contribution in [-0.4, -0.2) is 77.7 Å². The number of halogens is 2. The molecule has 2 aliphatic rings. The summed E-state index contributed by atoms with van der Waals surface area (Å²) in [7, 11) is 2.15. The van der Waals surface area contributed by atoms with Crippen LogP contribution in [0.2, 0.25) is 0 Å². The second-order valence-corrected chi connectivity index (χ2v) is 8.85. The molecule has 32 heavy (non-hydrogen) atoms. The van der Waals surface area contributed by atoms with E-state index in [-0.39, 0.29) is 18.3 Å². The number of hydrogen-bond donors (Lipinski definition) is 2. The number of aromatic hydroxyl groups is 1. The van der Waals surface area contributed by atoms with E-state index >= 15 is 0 Å². The first-order valence-corrected chi connectivity index (χ1v) is 11.2. The van der Waals surface area contributed by atoms with Crippen LogP contribution in [0, 0.1) is 0 Å². The van der Waals surface area contributed by atoms with Crippen LogP contribution in [-0.2, 0) is 4.84 Å². The number of rotatable bonds is 5. The Morgan fingerprint density at radius 2 is 1.94 bits per heavy atom. The molecular formula is C23H25BrClN5O2. The van der Waals surface area contributed by atoms with Crippen molar-refractivity contribution < 1.29 is 9.94 Å². The molecule has 0 saturated carbocycles. The molecule has 5 rings (SSSR count). The third-order valence-electron chi connectivity index (χ3n) is 5.84. The molecule has 0 bridgehead atoms. The summed E-state index contributed by atoms with van der Waals surface area (Å²) in [4.78, 5) is 18.3. The Bertz CT molecular complexity index is 1180. The fourth-order valence-electron chi connectivity index (χ4n) is 4.09. The van der Waals surface area contributed by atoms with Crippen molar-refractivity contribution in [1.29, 1.82) is 0 Å². The number of likely N-dealkylation sites (N-methyl/N-ethyl adjacent to an activating group) is 1. The highest BCUT2D eigenvalue weighted by atomic mass is 79.9. The lowest BCUT2D eigenvalue weighted by Gasteiger charge is -2.31. The monoisotopic (exact) mass is 517 g/mol. The molecule has 2 aromatic carbocycles. The van der Waals surface area contributed by atoms with Gasteiger partial charge in [-0.05, 0) is 25.2 Å². The van der Waals surface area contributed by atoms with Crippen LogP contribution in [0.1, 0.15) is 11.1 Å². The zero-order chi connectivity index (χ0) is 21.4. The van der Waals surface area contributed by atoms with Crippen molar-refractivity contribution in [3.8, 4) is 5.88 Å². The molecule has 0 aliphatic carbocycles. The van der Waals surface area contributed by atoms with E-state index in [0.29, 0.717) is 23.6 Å². The number of aliphatic imine (C=N–C) groups is 1. The smallest absolute Gasteiger partial charge is 0.199 e. The Kier molecular flexibility index (Phi) is 6.85. The highest BCUT2D eigenvalue weighted by molar-refractivity contribution is 9.10. The average molecular weight is 519 g/mol. The molecule has 1 fully saturated rings. The highest BCUT2D eigenvalue weighted by Crippen LogP contribution is 2.36. The summed E-state index contributed by atoms with van der Waals surface area (Å²) in [5, 5.41) is 16.1. The van der Waals surface area contributed by atoms with Gasteiger partial charge in [0, 0.05) is 48.1 Å². The Morgan fingerprint density at radius 3 is 2.75 bits per heavy atom. The Labute approximate surface area is 201 Å². The Hall–Kier alpha value is -2.39. The first-order valence-electron chi connectivity index (χ1n) is 10.4. The molecule has 3 aromatic rings. The number of nitrogens with one attached hydrogen (secondary N) is 1. The number of fused-ring (bicyclic) bond motifs is 2. The van der Waals surface area contributed by atoms with E-state index in [1.54, 1.807) is 0 Å². The zero-order valence-corrected chi connectivity index (χ0v) is 20.1. The van der Waals surface area contributed by atoms with Gasteiger partial charge in [-0.2, -0.15) is 0 Å². The van der Waals surface area contributed by atoms with Gasteiger partial charge in [-0.3, -0.25) is 4.90 Å². The van der Waals surface area contributed by atoms with Crippen LogP contribution < -0.4 is 0 Å². The molecule has 9 heteroatoms. The van der Waals surface area contributed by atoms with Crippen molar-refractivity contribution in [3.05, 3.63) is 58.1 Å². The third kappa shape index (κ3) is 4.41. The molecule has 2 aliphatic heterocycles. The number of aromatic amines is 1. The molecule has 0 atom stereocenters. The largest absolute Gasteiger partial charge is 0.494 e. The zero-order valence-electron chi connectivity index (χ0n) is 17.7. The summed E-state index contributed by atoms with van der Waals surface area (Å²) >= 11 is 3.48. The summed E-state index contributed by atoms with van der Waals surface area (Å²) in [6, 6.07) is 13.7. The fourth-order valence-corrected chi connectivity index (χ4v) is 4.45. The molecule has 7 nitrogen and oxygen atoms in total. The molecule has 0 unspecified atom stereocenters. The van der Waals surface area contributed by atoms with Crippen molar-refractivity contribution in [2.24, 2.45) is 10.1 Å². The van der Waals surface area contributed by atoms with Crippen LogP contribution in [0.4, 0.5) is 5.69 Å². The average Bonchev–Trinajstić information content (AvgIpc) is 3.28. The topological polar surface area (TPSA) is 76.5 Å². The first kappa shape index (κ1) is 22.8. The van der Waals surface area contributed by atoms with E-state index in [1.807, 2.05) is 42.5 Å². The maximum atomic E-state index is 10.7. The summed E-state index contributed by atoms with van der Waals surface area (Å²) in [5.41, 5.74) is 4.46. The standard InChI is InChI=1S/C23H24BrN5O2.ClH/c1-28-8-10-29(11-9-28)12-13-31-27-21-17-4-2-3-5-18(17)25-22(21)20-16-7-6-15(24)14-19(16)26-23(20)30;/h2-7,14,26,30H,8-13H2,1H3;1H/b27-21+;. The quantitative estimate of drug-likeness (QED) is 0.393. The lowest BCUT2D eigenvalue weighted by Crippen LogP contribution is -2.45. The predicted molar refractivity (Wildman–Crippen MR) is 134 cm³/mol. The SMILES string of the molecule is CN1CCN(CCO/N=C2/C(c3c(O)[nH]c4cc(Br)ccc34)=Nc3ccccc32)CC1.Cl. The number of piperazine rings is 1. The van der Waals surface area contributed by atoms with E-state index in [4.69, 9.17) is 9.83 Å². The van der Waals surface area contributed by atoms with E-state index in [0.717, 1.165) is 59.4 Å². The van der Waals surface area contributed by atoms with E-state index < -0.39 is 0 Å². The van der Waals surface area contributed by atoms with Crippen molar-refractivity contribution in [2.45, 2.75) is 0 Å². The van der Waals surface area contributed by atoms with E-state index in [1.165, 1.54) is 0 Å².